The number of aliphatic hydroxyl groups excluding tert-OH is 1. The standard InChI is InChI=1S/C10H11NO2/c1-7-6-11-5-3-2-4-8(11)10(13)9(7)12/h2-5,8,12H,6H2,1H3. The number of hydrogen-bond donors (Lipinski definition) is 1. The zero-order chi connectivity index (χ0) is 9.42. The lowest BCUT2D eigenvalue weighted by molar-refractivity contribution is -0.121. The predicted molar refractivity (Wildman–Crippen MR) is 49.1 cm³/mol. The second kappa shape index (κ2) is 2.76. The molecule has 0 aromatic carbocycles. The van der Waals surface area contributed by atoms with E-state index in [2.05, 4.69) is 0 Å². The van der Waals surface area contributed by atoms with Crippen molar-refractivity contribution in [1.29, 1.82) is 0 Å². The molecule has 68 valence electrons. The summed E-state index contributed by atoms with van der Waals surface area (Å²) < 4.78 is 0. The van der Waals surface area contributed by atoms with Crippen LogP contribution in [0.4, 0.5) is 0 Å². The molecule has 0 bridgehead atoms. The van der Waals surface area contributed by atoms with Gasteiger partial charge in [0.05, 0.1) is 0 Å². The third-order valence-electron chi connectivity index (χ3n) is 2.37. The number of nitrogens with zero attached hydrogens (tertiary/aromatic N) is 1. The van der Waals surface area contributed by atoms with Gasteiger partial charge in [-0.05, 0) is 18.6 Å². The van der Waals surface area contributed by atoms with E-state index in [9.17, 15) is 9.90 Å². The van der Waals surface area contributed by atoms with E-state index < -0.39 is 0 Å². The molecule has 2 rings (SSSR count). The number of carbonyl (C=O) groups excluding carboxylic acids is 1. The summed E-state index contributed by atoms with van der Waals surface area (Å²) >= 11 is 0. The van der Waals surface area contributed by atoms with Gasteiger partial charge in [0.15, 0.2) is 5.76 Å². The SMILES string of the molecule is CC1=C(O)C(=O)C2C=CC=CN2C1. The first-order valence-electron chi connectivity index (χ1n) is 4.24. The highest BCUT2D eigenvalue weighted by Crippen LogP contribution is 2.21. The predicted octanol–water partition coefficient (Wildman–Crippen LogP) is 1.16. The zero-order valence-corrected chi connectivity index (χ0v) is 7.40. The van der Waals surface area contributed by atoms with Crippen LogP contribution in [0.1, 0.15) is 6.92 Å². The summed E-state index contributed by atoms with van der Waals surface area (Å²) in [4.78, 5) is 13.4. The van der Waals surface area contributed by atoms with E-state index in [1.54, 1.807) is 13.0 Å². The highest BCUT2D eigenvalue weighted by Gasteiger charge is 2.31. The highest BCUT2D eigenvalue weighted by atomic mass is 16.3. The van der Waals surface area contributed by atoms with Crippen LogP contribution in [0.25, 0.3) is 0 Å². The van der Waals surface area contributed by atoms with Crippen molar-refractivity contribution >= 4 is 5.78 Å². The summed E-state index contributed by atoms with van der Waals surface area (Å²) in [5.41, 5.74) is 0.737. The molecule has 1 N–H and O–H groups in total. The lowest BCUT2D eigenvalue weighted by Gasteiger charge is -2.33. The number of allylic oxidation sites excluding steroid dienone is 2. The van der Waals surface area contributed by atoms with Crippen LogP contribution < -0.4 is 0 Å². The fourth-order valence-corrected chi connectivity index (χ4v) is 1.62. The number of fused-ring (bicyclic) bond motifs is 1. The van der Waals surface area contributed by atoms with E-state index in [0.29, 0.717) is 6.54 Å². The van der Waals surface area contributed by atoms with Crippen LogP contribution in [0.3, 0.4) is 0 Å². The van der Waals surface area contributed by atoms with Crippen LogP contribution >= 0.6 is 0 Å². The molecule has 0 saturated heterocycles. The van der Waals surface area contributed by atoms with Gasteiger partial charge in [-0.25, -0.2) is 0 Å². The molecule has 0 fully saturated rings. The Morgan fingerprint density at radius 2 is 2.31 bits per heavy atom. The van der Waals surface area contributed by atoms with E-state index in [-0.39, 0.29) is 17.6 Å². The van der Waals surface area contributed by atoms with Crippen LogP contribution in [0.15, 0.2) is 35.8 Å². The van der Waals surface area contributed by atoms with Crippen LogP contribution in [0.5, 0.6) is 0 Å². The van der Waals surface area contributed by atoms with Gasteiger partial charge in [-0.15, -0.1) is 0 Å². The van der Waals surface area contributed by atoms with Gasteiger partial charge in [-0.2, -0.15) is 0 Å². The molecular formula is C10H11NO2. The van der Waals surface area contributed by atoms with E-state index in [0.717, 1.165) is 5.57 Å². The number of aliphatic hydroxyl groups is 1. The quantitative estimate of drug-likeness (QED) is 0.603. The molecule has 2 aliphatic heterocycles. The smallest absolute Gasteiger partial charge is 0.223 e. The van der Waals surface area contributed by atoms with Gasteiger partial charge >= 0.3 is 0 Å². The van der Waals surface area contributed by atoms with E-state index in [1.165, 1.54) is 0 Å². The Bertz CT molecular complexity index is 339. The Morgan fingerprint density at radius 3 is 3.08 bits per heavy atom. The molecule has 0 aliphatic carbocycles. The molecule has 1 unspecified atom stereocenters. The molecule has 0 radical (unpaired) electrons. The molecule has 1 atom stereocenters. The summed E-state index contributed by atoms with van der Waals surface area (Å²) in [5.74, 6) is -0.273. The minimum atomic E-state index is -0.298. The van der Waals surface area contributed by atoms with Gasteiger partial charge in [0.25, 0.3) is 0 Å². The van der Waals surface area contributed by atoms with Crippen LogP contribution in [0, 0.1) is 0 Å². The maximum atomic E-state index is 11.5. The van der Waals surface area contributed by atoms with Gasteiger partial charge in [0.1, 0.15) is 6.04 Å². The van der Waals surface area contributed by atoms with Crippen molar-refractivity contribution in [3.05, 3.63) is 35.8 Å². The minimum absolute atomic E-state index is 0.0683. The molecule has 3 nitrogen and oxygen atoms in total. The number of rotatable bonds is 0. The Hall–Kier alpha value is -1.51. The summed E-state index contributed by atoms with van der Waals surface area (Å²) in [5, 5.41) is 9.43. The number of carbonyl (C=O) groups is 1. The zero-order valence-electron chi connectivity index (χ0n) is 7.40. The van der Waals surface area contributed by atoms with Gasteiger partial charge < -0.3 is 10.0 Å². The molecule has 2 heterocycles. The van der Waals surface area contributed by atoms with Crippen molar-refractivity contribution in [2.75, 3.05) is 6.54 Å². The fourth-order valence-electron chi connectivity index (χ4n) is 1.62. The first-order chi connectivity index (χ1) is 6.20. The molecule has 0 aromatic heterocycles. The maximum absolute atomic E-state index is 11.5. The van der Waals surface area contributed by atoms with Crippen LogP contribution in [-0.4, -0.2) is 28.4 Å². The maximum Gasteiger partial charge on any atom is 0.223 e. The van der Waals surface area contributed by atoms with E-state index in [4.69, 9.17) is 0 Å². The number of hydrogen-bond acceptors (Lipinski definition) is 3. The molecular weight excluding hydrogens is 166 g/mol. The minimum Gasteiger partial charge on any atom is -0.504 e. The van der Waals surface area contributed by atoms with Crippen LogP contribution in [0.2, 0.25) is 0 Å². The molecule has 0 spiro atoms. The Balaban J connectivity index is 2.38. The average Bonchev–Trinajstić information content (AvgIpc) is 2.15. The summed E-state index contributed by atoms with van der Waals surface area (Å²) in [6.45, 7) is 2.40. The Morgan fingerprint density at radius 1 is 1.54 bits per heavy atom. The van der Waals surface area contributed by atoms with Crippen molar-refractivity contribution < 1.29 is 9.90 Å². The average molecular weight is 177 g/mol. The molecule has 2 aliphatic rings. The number of ketones is 1. The van der Waals surface area contributed by atoms with Crippen molar-refractivity contribution in [2.24, 2.45) is 0 Å². The molecule has 0 aromatic rings. The fraction of sp³-hybridized carbons (Fsp3) is 0.300. The van der Waals surface area contributed by atoms with Crippen molar-refractivity contribution in [2.45, 2.75) is 13.0 Å². The Labute approximate surface area is 76.7 Å². The van der Waals surface area contributed by atoms with Gasteiger partial charge in [-0.3, -0.25) is 4.79 Å². The summed E-state index contributed by atoms with van der Waals surface area (Å²) in [7, 11) is 0. The monoisotopic (exact) mass is 177 g/mol. The lowest BCUT2D eigenvalue weighted by atomic mass is 9.99. The first-order valence-corrected chi connectivity index (χ1v) is 4.24. The normalized spacial score (nSPS) is 26.7. The third-order valence-corrected chi connectivity index (χ3v) is 2.37. The van der Waals surface area contributed by atoms with Crippen LogP contribution in [-0.2, 0) is 4.79 Å². The topological polar surface area (TPSA) is 40.5 Å². The molecule has 0 saturated carbocycles. The molecule has 13 heavy (non-hydrogen) atoms. The van der Waals surface area contributed by atoms with E-state index in [1.807, 2.05) is 23.3 Å². The van der Waals surface area contributed by atoms with Gasteiger partial charge in [0, 0.05) is 12.7 Å². The van der Waals surface area contributed by atoms with Crippen molar-refractivity contribution in [3.8, 4) is 0 Å². The largest absolute Gasteiger partial charge is 0.504 e. The first kappa shape index (κ1) is 8.10. The summed E-state index contributed by atoms with van der Waals surface area (Å²) in [6, 6.07) is -0.298. The van der Waals surface area contributed by atoms with Gasteiger partial charge in [-0.1, -0.05) is 12.2 Å². The lowest BCUT2D eigenvalue weighted by Crippen LogP contribution is -2.43. The van der Waals surface area contributed by atoms with Gasteiger partial charge in [0.2, 0.25) is 5.78 Å². The Kier molecular flexibility index (Phi) is 1.72. The third kappa shape index (κ3) is 1.16. The number of Topliss-reactive ketones (excluding diaryl/α,β-unsaturated/α-hetero) is 1. The van der Waals surface area contributed by atoms with Crippen molar-refractivity contribution in [3.63, 3.8) is 0 Å². The second-order valence-corrected chi connectivity index (χ2v) is 3.34. The van der Waals surface area contributed by atoms with E-state index >= 15 is 0 Å². The molecule has 0 amide bonds. The second-order valence-electron chi connectivity index (χ2n) is 3.34. The highest BCUT2D eigenvalue weighted by molar-refractivity contribution is 6.00. The molecule has 3 heteroatoms. The van der Waals surface area contributed by atoms with Crippen molar-refractivity contribution in [1.82, 2.24) is 4.90 Å². The summed E-state index contributed by atoms with van der Waals surface area (Å²) in [6.07, 6.45) is 7.38.